The first kappa shape index (κ1) is 17.0. The van der Waals surface area contributed by atoms with Crippen LogP contribution in [0.4, 0.5) is 0 Å². The number of nitrogens with zero attached hydrogens (tertiary/aromatic N) is 2. The summed E-state index contributed by atoms with van der Waals surface area (Å²) in [5.41, 5.74) is 1.09. The molecule has 0 bridgehead atoms. The van der Waals surface area contributed by atoms with Gasteiger partial charge in [0.2, 0.25) is 10.0 Å². The standard InChI is InChI=1S/C15H25N3O3S/c1-4-7-11(2)22(20,21)17-15(19)14-10-16-18(12(14)3)13-8-5-6-9-13/h10-11,13H,4-9H2,1-3H3,(H,17,19)/t11-/m0/s1. The van der Waals surface area contributed by atoms with Crippen LogP contribution in [0.25, 0.3) is 0 Å². The van der Waals surface area contributed by atoms with Gasteiger partial charge in [0.15, 0.2) is 0 Å². The van der Waals surface area contributed by atoms with E-state index in [1.54, 1.807) is 6.92 Å². The van der Waals surface area contributed by atoms with Gasteiger partial charge >= 0.3 is 0 Å². The Morgan fingerprint density at radius 3 is 2.68 bits per heavy atom. The number of aromatic nitrogens is 2. The Labute approximate surface area is 132 Å². The number of hydrogen-bond donors (Lipinski definition) is 1. The highest BCUT2D eigenvalue weighted by molar-refractivity contribution is 7.90. The molecule has 1 aromatic rings. The van der Waals surface area contributed by atoms with E-state index in [0.29, 0.717) is 18.0 Å². The van der Waals surface area contributed by atoms with Gasteiger partial charge in [-0.3, -0.25) is 9.48 Å². The van der Waals surface area contributed by atoms with Gasteiger partial charge in [0.1, 0.15) is 0 Å². The van der Waals surface area contributed by atoms with Crippen molar-refractivity contribution in [1.29, 1.82) is 0 Å². The summed E-state index contributed by atoms with van der Waals surface area (Å²) < 4.78 is 28.3. The van der Waals surface area contributed by atoms with Crippen molar-refractivity contribution in [2.24, 2.45) is 0 Å². The predicted molar refractivity (Wildman–Crippen MR) is 85.2 cm³/mol. The Morgan fingerprint density at radius 1 is 1.45 bits per heavy atom. The van der Waals surface area contributed by atoms with Crippen molar-refractivity contribution in [2.75, 3.05) is 0 Å². The van der Waals surface area contributed by atoms with Crippen LogP contribution in [0.5, 0.6) is 0 Å². The molecule has 1 aliphatic rings. The van der Waals surface area contributed by atoms with Crippen molar-refractivity contribution in [3.63, 3.8) is 0 Å². The molecule has 124 valence electrons. The third-order valence-electron chi connectivity index (χ3n) is 4.42. The molecule has 1 saturated carbocycles. The monoisotopic (exact) mass is 327 g/mol. The molecule has 1 aliphatic carbocycles. The highest BCUT2D eigenvalue weighted by atomic mass is 32.2. The van der Waals surface area contributed by atoms with Crippen LogP contribution >= 0.6 is 0 Å². The molecule has 0 aliphatic heterocycles. The number of amides is 1. The second kappa shape index (κ2) is 6.81. The minimum absolute atomic E-state index is 0.331. The lowest BCUT2D eigenvalue weighted by molar-refractivity contribution is 0.0980. The highest BCUT2D eigenvalue weighted by Crippen LogP contribution is 2.30. The molecule has 1 fully saturated rings. The van der Waals surface area contributed by atoms with Gasteiger partial charge in [-0.25, -0.2) is 13.1 Å². The first-order chi connectivity index (χ1) is 10.4. The van der Waals surface area contributed by atoms with Crippen molar-refractivity contribution in [3.8, 4) is 0 Å². The minimum Gasteiger partial charge on any atom is -0.268 e. The zero-order valence-electron chi connectivity index (χ0n) is 13.5. The van der Waals surface area contributed by atoms with Crippen LogP contribution in [0.3, 0.4) is 0 Å². The Balaban J connectivity index is 2.13. The molecule has 1 amide bonds. The Morgan fingerprint density at radius 2 is 2.09 bits per heavy atom. The first-order valence-electron chi connectivity index (χ1n) is 7.97. The van der Waals surface area contributed by atoms with E-state index >= 15 is 0 Å². The highest BCUT2D eigenvalue weighted by Gasteiger charge is 2.26. The molecule has 0 aromatic carbocycles. The summed E-state index contributed by atoms with van der Waals surface area (Å²) >= 11 is 0. The maximum atomic E-state index is 12.3. The molecule has 7 heteroatoms. The van der Waals surface area contributed by atoms with Gasteiger partial charge < -0.3 is 0 Å². The van der Waals surface area contributed by atoms with Crippen molar-refractivity contribution in [2.45, 2.75) is 70.6 Å². The zero-order chi connectivity index (χ0) is 16.3. The van der Waals surface area contributed by atoms with Crippen LogP contribution in [0.15, 0.2) is 6.20 Å². The number of carbonyl (C=O) groups is 1. The summed E-state index contributed by atoms with van der Waals surface area (Å²) in [6.07, 6.45) is 7.24. The van der Waals surface area contributed by atoms with E-state index in [1.807, 2.05) is 18.5 Å². The topological polar surface area (TPSA) is 81.1 Å². The van der Waals surface area contributed by atoms with Crippen molar-refractivity contribution in [1.82, 2.24) is 14.5 Å². The van der Waals surface area contributed by atoms with Crippen molar-refractivity contribution >= 4 is 15.9 Å². The van der Waals surface area contributed by atoms with Crippen LogP contribution in [-0.4, -0.2) is 29.4 Å². The van der Waals surface area contributed by atoms with E-state index in [2.05, 4.69) is 9.82 Å². The normalized spacial score (nSPS) is 17.6. The van der Waals surface area contributed by atoms with E-state index in [4.69, 9.17) is 0 Å². The average molecular weight is 327 g/mol. The van der Waals surface area contributed by atoms with E-state index in [0.717, 1.165) is 25.0 Å². The number of sulfonamides is 1. The summed E-state index contributed by atoms with van der Waals surface area (Å²) in [6, 6.07) is 0.331. The van der Waals surface area contributed by atoms with Gasteiger partial charge in [-0.2, -0.15) is 5.10 Å². The van der Waals surface area contributed by atoms with Gasteiger partial charge in [-0.1, -0.05) is 26.2 Å². The average Bonchev–Trinajstić information content (AvgIpc) is 3.07. The lowest BCUT2D eigenvalue weighted by atomic mass is 10.2. The molecule has 0 radical (unpaired) electrons. The van der Waals surface area contributed by atoms with Crippen LogP contribution in [0.2, 0.25) is 0 Å². The lowest BCUT2D eigenvalue weighted by Crippen LogP contribution is -2.37. The third kappa shape index (κ3) is 3.51. The van der Waals surface area contributed by atoms with E-state index in [9.17, 15) is 13.2 Å². The molecule has 1 N–H and O–H groups in total. The molecule has 0 saturated heterocycles. The SMILES string of the molecule is CCC[C@H](C)S(=O)(=O)NC(=O)c1cnn(C2CCCC2)c1C. The van der Waals surface area contributed by atoms with Gasteiger partial charge in [0.25, 0.3) is 5.91 Å². The maximum absolute atomic E-state index is 12.3. The Bertz CT molecular complexity index is 630. The molecular formula is C15H25N3O3S. The summed E-state index contributed by atoms with van der Waals surface area (Å²) in [6.45, 7) is 5.36. The van der Waals surface area contributed by atoms with Gasteiger partial charge in [0, 0.05) is 5.69 Å². The fourth-order valence-electron chi connectivity index (χ4n) is 3.01. The van der Waals surface area contributed by atoms with Gasteiger partial charge in [-0.05, 0) is 33.1 Å². The minimum atomic E-state index is -3.63. The maximum Gasteiger partial charge on any atom is 0.268 e. The number of carbonyl (C=O) groups excluding carboxylic acids is 1. The zero-order valence-corrected chi connectivity index (χ0v) is 14.3. The van der Waals surface area contributed by atoms with Crippen LogP contribution in [0, 0.1) is 6.92 Å². The molecule has 6 nitrogen and oxygen atoms in total. The smallest absolute Gasteiger partial charge is 0.268 e. The number of hydrogen-bond acceptors (Lipinski definition) is 4. The summed E-state index contributed by atoms with van der Waals surface area (Å²) in [7, 11) is -3.63. The van der Waals surface area contributed by atoms with Gasteiger partial charge in [0.05, 0.1) is 23.1 Å². The number of nitrogens with one attached hydrogen (secondary N) is 1. The molecule has 1 aromatic heterocycles. The van der Waals surface area contributed by atoms with E-state index < -0.39 is 21.2 Å². The molecule has 1 atom stereocenters. The van der Waals surface area contributed by atoms with E-state index in [1.165, 1.54) is 19.0 Å². The molecule has 0 unspecified atom stereocenters. The summed E-state index contributed by atoms with van der Waals surface area (Å²) in [5.74, 6) is -0.579. The van der Waals surface area contributed by atoms with Crippen LogP contribution in [-0.2, 0) is 10.0 Å². The predicted octanol–water partition coefficient (Wildman–Crippen LogP) is 2.55. The van der Waals surface area contributed by atoms with Crippen LogP contribution < -0.4 is 4.72 Å². The fourth-order valence-corrected chi connectivity index (χ4v) is 4.13. The molecule has 22 heavy (non-hydrogen) atoms. The quantitative estimate of drug-likeness (QED) is 0.870. The Kier molecular flexibility index (Phi) is 5.26. The van der Waals surface area contributed by atoms with E-state index in [-0.39, 0.29) is 0 Å². The summed E-state index contributed by atoms with van der Waals surface area (Å²) in [5, 5.41) is 3.71. The molecule has 2 rings (SSSR count). The van der Waals surface area contributed by atoms with Crippen molar-refractivity contribution in [3.05, 3.63) is 17.5 Å². The number of rotatable bonds is 6. The first-order valence-corrected chi connectivity index (χ1v) is 9.51. The van der Waals surface area contributed by atoms with Crippen LogP contribution in [0.1, 0.15) is 74.5 Å². The second-order valence-electron chi connectivity index (χ2n) is 6.10. The molecule has 1 heterocycles. The molecule has 0 spiro atoms. The van der Waals surface area contributed by atoms with Crippen molar-refractivity contribution < 1.29 is 13.2 Å². The largest absolute Gasteiger partial charge is 0.268 e. The fraction of sp³-hybridized carbons (Fsp3) is 0.733. The molecular weight excluding hydrogens is 302 g/mol. The lowest BCUT2D eigenvalue weighted by Gasteiger charge is -2.14. The third-order valence-corrected chi connectivity index (χ3v) is 6.18. The summed E-state index contributed by atoms with van der Waals surface area (Å²) in [4.78, 5) is 12.3. The second-order valence-corrected chi connectivity index (χ2v) is 8.20. The van der Waals surface area contributed by atoms with Gasteiger partial charge in [-0.15, -0.1) is 0 Å². The Hall–Kier alpha value is -1.37.